The first-order valence-corrected chi connectivity index (χ1v) is 11.9. The molecular weight excluding hydrogens is 426 g/mol. The molecule has 176 valence electrons. The van der Waals surface area contributed by atoms with Crippen LogP contribution >= 0.6 is 0 Å². The summed E-state index contributed by atoms with van der Waals surface area (Å²) >= 11 is 0. The van der Waals surface area contributed by atoms with Gasteiger partial charge in [-0.1, -0.05) is 60.2 Å². The Morgan fingerprint density at radius 1 is 0.912 bits per heavy atom. The molecule has 3 N–H and O–H groups in total. The first kappa shape index (κ1) is 22.5. The summed E-state index contributed by atoms with van der Waals surface area (Å²) in [5, 5.41) is 5.37. The van der Waals surface area contributed by atoms with Crippen molar-refractivity contribution in [3.63, 3.8) is 0 Å². The number of aryl methyl sites for hydroxylation is 1. The van der Waals surface area contributed by atoms with E-state index in [1.54, 1.807) is 0 Å². The molecule has 2 saturated heterocycles. The van der Waals surface area contributed by atoms with Gasteiger partial charge in [0.1, 0.15) is 6.04 Å². The second kappa shape index (κ2) is 9.93. The molecule has 7 heteroatoms. The van der Waals surface area contributed by atoms with E-state index in [-0.39, 0.29) is 23.9 Å². The van der Waals surface area contributed by atoms with Crippen molar-refractivity contribution >= 4 is 28.3 Å². The average Bonchev–Trinajstić information content (AvgIpc) is 3.35. The third-order valence-corrected chi connectivity index (χ3v) is 6.79. The normalized spacial score (nSPS) is 21.0. The Bertz CT molecular complexity index is 1170. The number of carbonyl (C=O) groups is 2. The maximum Gasteiger partial charge on any atom is 0.241 e. The van der Waals surface area contributed by atoms with Gasteiger partial charge < -0.3 is 10.2 Å². The molecule has 2 atom stereocenters. The lowest BCUT2D eigenvalue weighted by molar-refractivity contribution is -0.135. The number of carbonyl (C=O) groups excluding carboxylic acids is 2. The second-order valence-corrected chi connectivity index (χ2v) is 9.21. The quantitative estimate of drug-likeness (QED) is 0.549. The summed E-state index contributed by atoms with van der Waals surface area (Å²) in [6.45, 7) is 5.01. The van der Waals surface area contributed by atoms with Crippen molar-refractivity contribution in [3.05, 3.63) is 77.9 Å². The number of nitrogens with one attached hydrogen (secondary N) is 3. The Balaban J connectivity index is 1.12. The predicted molar refractivity (Wildman–Crippen MR) is 134 cm³/mol. The Morgan fingerprint density at radius 2 is 1.65 bits per heavy atom. The van der Waals surface area contributed by atoms with Crippen LogP contribution < -0.4 is 16.2 Å². The van der Waals surface area contributed by atoms with Crippen LogP contribution in [0, 0.1) is 6.92 Å². The highest BCUT2D eigenvalue weighted by atomic mass is 16.2. The molecule has 2 aliphatic rings. The second-order valence-electron chi connectivity index (χ2n) is 9.21. The van der Waals surface area contributed by atoms with Crippen LogP contribution in [0.5, 0.6) is 0 Å². The van der Waals surface area contributed by atoms with E-state index in [9.17, 15) is 9.59 Å². The third kappa shape index (κ3) is 4.97. The molecule has 0 radical (unpaired) electrons. The average molecular weight is 458 g/mol. The minimum atomic E-state index is -0.250. The van der Waals surface area contributed by atoms with Gasteiger partial charge in [-0.3, -0.25) is 14.5 Å². The number of hydrogen-bond acceptors (Lipinski definition) is 5. The maximum atomic E-state index is 13.2. The van der Waals surface area contributed by atoms with Crippen molar-refractivity contribution in [1.82, 2.24) is 20.7 Å². The van der Waals surface area contributed by atoms with E-state index in [1.165, 1.54) is 16.3 Å². The van der Waals surface area contributed by atoms with Gasteiger partial charge in [-0.25, -0.2) is 10.9 Å². The smallest absolute Gasteiger partial charge is 0.241 e. The fourth-order valence-electron chi connectivity index (χ4n) is 4.86. The van der Waals surface area contributed by atoms with E-state index in [4.69, 9.17) is 0 Å². The van der Waals surface area contributed by atoms with Crippen LogP contribution in [0.4, 0.5) is 5.69 Å². The van der Waals surface area contributed by atoms with Crippen LogP contribution in [0.15, 0.2) is 66.7 Å². The zero-order valence-electron chi connectivity index (χ0n) is 19.5. The van der Waals surface area contributed by atoms with Gasteiger partial charge in [0.05, 0.1) is 6.54 Å². The number of benzene rings is 3. The minimum Gasteiger partial charge on any atom is -0.339 e. The van der Waals surface area contributed by atoms with E-state index < -0.39 is 0 Å². The lowest BCUT2D eigenvalue weighted by Gasteiger charge is -2.35. The molecule has 2 heterocycles. The summed E-state index contributed by atoms with van der Waals surface area (Å²) in [7, 11) is 0. The van der Waals surface area contributed by atoms with Gasteiger partial charge >= 0.3 is 0 Å². The molecule has 2 unspecified atom stereocenters. The number of fused-ring (bicyclic) bond motifs is 1. The van der Waals surface area contributed by atoms with Crippen LogP contribution in [-0.4, -0.2) is 60.4 Å². The molecule has 2 amide bonds. The van der Waals surface area contributed by atoms with Gasteiger partial charge in [0.15, 0.2) is 0 Å². The van der Waals surface area contributed by atoms with Crippen molar-refractivity contribution in [3.8, 4) is 0 Å². The lowest BCUT2D eigenvalue weighted by Crippen LogP contribution is -2.54. The number of hydrazine groups is 1. The highest BCUT2D eigenvalue weighted by Crippen LogP contribution is 2.29. The van der Waals surface area contributed by atoms with E-state index >= 15 is 0 Å². The van der Waals surface area contributed by atoms with Crippen LogP contribution in [0.3, 0.4) is 0 Å². The van der Waals surface area contributed by atoms with Gasteiger partial charge in [-0.2, -0.15) is 0 Å². The number of hydrogen-bond donors (Lipinski definition) is 3. The predicted octanol–water partition coefficient (Wildman–Crippen LogP) is 2.84. The molecule has 0 aromatic heterocycles. The molecule has 7 nitrogen and oxygen atoms in total. The fourth-order valence-corrected chi connectivity index (χ4v) is 4.86. The molecule has 0 saturated carbocycles. The number of piperazine rings is 1. The molecule has 2 aliphatic heterocycles. The fraction of sp³-hybridized carbons (Fsp3) is 0.333. The molecule has 5 rings (SSSR count). The Hall–Kier alpha value is -3.26. The molecule has 0 bridgehead atoms. The van der Waals surface area contributed by atoms with Crippen LogP contribution in [0.25, 0.3) is 10.8 Å². The molecule has 3 aromatic carbocycles. The van der Waals surface area contributed by atoms with Crippen molar-refractivity contribution in [1.29, 1.82) is 0 Å². The number of rotatable bonds is 5. The van der Waals surface area contributed by atoms with Crippen LogP contribution in [0.2, 0.25) is 0 Å². The van der Waals surface area contributed by atoms with Crippen molar-refractivity contribution in [2.45, 2.75) is 25.4 Å². The molecule has 3 aromatic rings. The summed E-state index contributed by atoms with van der Waals surface area (Å²) in [6, 6.07) is 22.3. The third-order valence-electron chi connectivity index (χ3n) is 6.79. The summed E-state index contributed by atoms with van der Waals surface area (Å²) in [5.74, 6) is 0.0993. The lowest BCUT2D eigenvalue weighted by atomic mass is 9.96. The Morgan fingerprint density at radius 3 is 2.44 bits per heavy atom. The minimum absolute atomic E-state index is 0.0248. The van der Waals surface area contributed by atoms with Crippen molar-refractivity contribution in [2.75, 3.05) is 38.0 Å². The first-order valence-electron chi connectivity index (χ1n) is 11.9. The Labute approximate surface area is 200 Å². The zero-order chi connectivity index (χ0) is 23.5. The van der Waals surface area contributed by atoms with E-state index in [1.807, 2.05) is 42.2 Å². The highest BCUT2D eigenvalue weighted by Gasteiger charge is 2.34. The maximum absolute atomic E-state index is 13.2. The van der Waals surface area contributed by atoms with Crippen LogP contribution in [-0.2, 0) is 9.59 Å². The van der Waals surface area contributed by atoms with E-state index in [0.29, 0.717) is 39.1 Å². The zero-order valence-corrected chi connectivity index (χ0v) is 19.5. The highest BCUT2D eigenvalue weighted by molar-refractivity contribution is 5.92. The standard InChI is InChI=1S/C27H31N5O2/c1-19-9-11-21(12-10-19)28-26(33)18-31-13-15-32(16-14-31)27(34)25-17-24(29-30-25)23-8-4-6-20-5-2-3-7-22(20)23/h2-12,24-25,29-30H,13-18H2,1H3,(H,28,33). The molecule has 34 heavy (non-hydrogen) atoms. The summed E-state index contributed by atoms with van der Waals surface area (Å²) < 4.78 is 0. The molecule has 0 spiro atoms. The van der Waals surface area contributed by atoms with Crippen molar-refractivity contribution < 1.29 is 9.59 Å². The topological polar surface area (TPSA) is 76.7 Å². The van der Waals surface area contributed by atoms with Gasteiger partial charge in [-0.05, 0) is 41.8 Å². The SMILES string of the molecule is Cc1ccc(NC(=O)CN2CCN(C(=O)C3CC(c4cccc5ccccc45)NN3)CC2)cc1. The Kier molecular flexibility index (Phi) is 6.58. The molecular formula is C27H31N5O2. The number of anilines is 1. The van der Waals surface area contributed by atoms with Gasteiger partial charge in [0, 0.05) is 37.9 Å². The van der Waals surface area contributed by atoms with Crippen molar-refractivity contribution in [2.24, 2.45) is 0 Å². The molecule has 2 fully saturated rings. The number of amides is 2. The monoisotopic (exact) mass is 457 g/mol. The summed E-state index contributed by atoms with van der Waals surface area (Å²) in [6.07, 6.45) is 0.714. The van der Waals surface area contributed by atoms with E-state index in [0.717, 1.165) is 11.3 Å². The van der Waals surface area contributed by atoms with Gasteiger partial charge in [0.25, 0.3) is 0 Å². The number of nitrogens with zero attached hydrogens (tertiary/aromatic N) is 2. The van der Waals surface area contributed by atoms with Crippen LogP contribution in [0.1, 0.15) is 23.6 Å². The summed E-state index contributed by atoms with van der Waals surface area (Å²) in [5.41, 5.74) is 9.74. The van der Waals surface area contributed by atoms with Gasteiger partial charge in [-0.15, -0.1) is 0 Å². The van der Waals surface area contributed by atoms with Gasteiger partial charge in [0.2, 0.25) is 11.8 Å². The summed E-state index contributed by atoms with van der Waals surface area (Å²) in [4.78, 5) is 29.6. The first-order chi connectivity index (χ1) is 16.6. The largest absolute Gasteiger partial charge is 0.339 e. The molecule has 0 aliphatic carbocycles. The van der Waals surface area contributed by atoms with E-state index in [2.05, 4.69) is 57.5 Å².